The zero-order valence-corrected chi connectivity index (χ0v) is 15.9. The molecule has 0 saturated heterocycles. The van der Waals surface area contributed by atoms with Gasteiger partial charge in [0, 0.05) is 17.9 Å². The lowest BCUT2D eigenvalue weighted by Crippen LogP contribution is -2.16. The van der Waals surface area contributed by atoms with Gasteiger partial charge in [-0.15, -0.1) is 22.6 Å². The second-order valence-corrected chi connectivity index (χ2v) is 6.23. The molecule has 0 atom stereocenters. The molecule has 0 fully saturated rings. The Kier molecular flexibility index (Phi) is 5.46. The summed E-state index contributed by atoms with van der Waals surface area (Å²) in [6.45, 7) is 2.40. The summed E-state index contributed by atoms with van der Waals surface area (Å²) in [5.74, 6) is -2.22. The van der Waals surface area contributed by atoms with Gasteiger partial charge in [0.15, 0.2) is 0 Å². The number of H-pyrrole nitrogens is 1. The van der Waals surface area contributed by atoms with Crippen molar-refractivity contribution in [3.63, 3.8) is 0 Å². The number of anilines is 2. The van der Waals surface area contributed by atoms with E-state index in [1.165, 1.54) is 6.92 Å². The Morgan fingerprint density at radius 2 is 2.07 bits per heavy atom. The maximum Gasteiger partial charge on any atom is 0.451 e. The molecule has 0 spiro atoms. The summed E-state index contributed by atoms with van der Waals surface area (Å²) in [4.78, 5) is 19.8. The average Bonchev–Trinajstić information content (AvgIpc) is 3.28. The van der Waals surface area contributed by atoms with Crippen LogP contribution in [0, 0.1) is 6.92 Å². The molecule has 1 aliphatic rings. The molecule has 154 valence electrons. The van der Waals surface area contributed by atoms with Crippen LogP contribution in [0.15, 0.2) is 18.2 Å². The van der Waals surface area contributed by atoms with Crippen LogP contribution in [0.4, 0.5) is 24.5 Å². The number of carbonyl (C=O) groups is 1. The number of aromatic amines is 1. The Hall–Kier alpha value is -3.15. The van der Waals surface area contributed by atoms with Crippen molar-refractivity contribution in [1.29, 1.82) is 0 Å². The van der Waals surface area contributed by atoms with Crippen LogP contribution in [-0.4, -0.2) is 42.4 Å². The summed E-state index contributed by atoms with van der Waals surface area (Å²) in [5, 5.41) is 15.2. The number of halogens is 4. The first-order valence-corrected chi connectivity index (χ1v) is 8.43. The number of hydrogen-bond donors (Lipinski definition) is 3. The van der Waals surface area contributed by atoms with Gasteiger partial charge in [-0.3, -0.25) is 9.89 Å². The smallest absolute Gasteiger partial charge is 0.385 e. The van der Waals surface area contributed by atoms with Gasteiger partial charge in [0.2, 0.25) is 11.6 Å². The van der Waals surface area contributed by atoms with E-state index in [0.717, 1.165) is 35.3 Å². The number of fused-ring (bicyclic) bond motifs is 1. The molecule has 3 N–H and O–H groups in total. The van der Waals surface area contributed by atoms with Crippen molar-refractivity contribution < 1.29 is 18.0 Å². The van der Waals surface area contributed by atoms with Crippen molar-refractivity contribution in [2.24, 2.45) is 0 Å². The highest BCUT2D eigenvalue weighted by Gasteiger charge is 2.35. The number of amides is 1. The van der Waals surface area contributed by atoms with Gasteiger partial charge in [0.05, 0.1) is 0 Å². The van der Waals surface area contributed by atoms with Crippen molar-refractivity contribution in [2.75, 3.05) is 17.2 Å². The first-order valence-electron chi connectivity index (χ1n) is 8.43. The highest BCUT2D eigenvalue weighted by atomic mass is 35.5. The number of rotatable bonds is 3. The summed E-state index contributed by atoms with van der Waals surface area (Å²) in [6, 6.07) is 5.51. The lowest BCUT2D eigenvalue weighted by atomic mass is 10.0. The minimum absolute atomic E-state index is 0. The highest BCUT2D eigenvalue weighted by molar-refractivity contribution is 6.01. The van der Waals surface area contributed by atoms with Gasteiger partial charge < -0.3 is 10.6 Å². The summed E-state index contributed by atoms with van der Waals surface area (Å²) in [6.07, 6.45) is -2.75. The van der Waals surface area contributed by atoms with E-state index in [1.54, 1.807) is 11.2 Å². The summed E-state index contributed by atoms with van der Waals surface area (Å²) in [7, 11) is 0. The lowest BCUT2D eigenvalue weighted by molar-refractivity contribution is -0.144. The third-order valence-corrected chi connectivity index (χ3v) is 4.21. The number of aryl methyl sites for hydroxylation is 2. The van der Waals surface area contributed by atoms with E-state index < -0.39 is 17.9 Å². The van der Waals surface area contributed by atoms with E-state index in [9.17, 15) is 18.0 Å². The largest absolute Gasteiger partial charge is 0.451 e. The Bertz CT molecular complexity index is 1050. The van der Waals surface area contributed by atoms with Crippen LogP contribution in [0.5, 0.6) is 0 Å². The number of alkyl halides is 3. The fourth-order valence-corrected chi connectivity index (χ4v) is 2.89. The predicted octanol–water partition coefficient (Wildman–Crippen LogP) is 2.74. The topological polar surface area (TPSA) is 113 Å². The fraction of sp³-hybridized carbons (Fsp3) is 0.312. The Morgan fingerprint density at radius 3 is 2.79 bits per heavy atom. The van der Waals surface area contributed by atoms with Gasteiger partial charge in [-0.05, 0) is 43.5 Å². The first-order chi connectivity index (χ1) is 13.3. The molecule has 3 aromatic rings. The predicted molar refractivity (Wildman–Crippen MR) is 99.5 cm³/mol. The van der Waals surface area contributed by atoms with Crippen LogP contribution in [0.25, 0.3) is 5.95 Å². The van der Waals surface area contributed by atoms with Gasteiger partial charge in [-0.25, -0.2) is 4.98 Å². The molecule has 2 aromatic heterocycles. The van der Waals surface area contributed by atoms with Crippen LogP contribution >= 0.6 is 12.4 Å². The lowest BCUT2D eigenvalue weighted by Gasteiger charge is -2.18. The summed E-state index contributed by atoms with van der Waals surface area (Å²) in [5.41, 5.74) is 2.71. The quantitative estimate of drug-likeness (QED) is 0.591. The van der Waals surface area contributed by atoms with Gasteiger partial charge >= 0.3 is 6.18 Å². The minimum atomic E-state index is -4.67. The molecular formula is C16H16ClF3N8O. The molecule has 0 saturated carbocycles. The van der Waals surface area contributed by atoms with Gasteiger partial charge in [0.25, 0.3) is 11.9 Å². The van der Waals surface area contributed by atoms with Crippen LogP contribution in [0.1, 0.15) is 34.3 Å². The van der Waals surface area contributed by atoms with Crippen molar-refractivity contribution >= 4 is 29.7 Å². The molecular weight excluding hydrogens is 413 g/mol. The molecule has 1 amide bonds. The highest BCUT2D eigenvalue weighted by Crippen LogP contribution is 2.27. The number of hydrogen-bond acceptors (Lipinski definition) is 6. The molecule has 0 bridgehead atoms. The van der Waals surface area contributed by atoms with Gasteiger partial charge in [-0.2, -0.15) is 22.8 Å². The standard InChI is InChI=1S/C16H15F3N8O.ClH/c1-8-21-12(26-27(8)15-23-14(24-25-15)16(17,18)19)13(28)22-10-4-5-11-9(7-10)3-2-6-20-11;/h4-5,7,20H,2-3,6H2,1H3,(H,22,28)(H,23,24,25);1H. The van der Waals surface area contributed by atoms with E-state index in [0.29, 0.717) is 5.69 Å². The third kappa shape index (κ3) is 4.16. The van der Waals surface area contributed by atoms with Crippen molar-refractivity contribution in [1.82, 2.24) is 29.9 Å². The van der Waals surface area contributed by atoms with E-state index >= 15 is 0 Å². The zero-order chi connectivity index (χ0) is 19.9. The Balaban J connectivity index is 0.00000240. The molecule has 0 unspecified atom stereocenters. The Labute approximate surface area is 168 Å². The number of benzene rings is 1. The second kappa shape index (κ2) is 7.70. The molecule has 9 nitrogen and oxygen atoms in total. The van der Waals surface area contributed by atoms with E-state index in [1.807, 2.05) is 12.1 Å². The molecule has 3 heterocycles. The summed E-state index contributed by atoms with van der Waals surface area (Å²) >= 11 is 0. The SMILES string of the molecule is Cc1nc(C(=O)Nc2ccc3c(c2)CCCN3)nn1-c1n[nH]c(C(F)(F)F)n1.Cl. The van der Waals surface area contributed by atoms with E-state index in [-0.39, 0.29) is 30.0 Å². The van der Waals surface area contributed by atoms with Crippen molar-refractivity contribution in [3.05, 3.63) is 41.2 Å². The minimum Gasteiger partial charge on any atom is -0.385 e. The first kappa shape index (κ1) is 20.6. The van der Waals surface area contributed by atoms with Crippen LogP contribution in [0.3, 0.4) is 0 Å². The van der Waals surface area contributed by atoms with Gasteiger partial charge in [-0.1, -0.05) is 0 Å². The maximum absolute atomic E-state index is 12.7. The molecule has 1 aliphatic heterocycles. The van der Waals surface area contributed by atoms with Crippen LogP contribution < -0.4 is 10.6 Å². The molecule has 0 radical (unpaired) electrons. The summed E-state index contributed by atoms with van der Waals surface area (Å²) < 4.78 is 39.0. The fourth-order valence-electron chi connectivity index (χ4n) is 2.89. The Morgan fingerprint density at radius 1 is 1.28 bits per heavy atom. The average molecular weight is 429 g/mol. The second-order valence-electron chi connectivity index (χ2n) is 6.23. The number of nitrogens with one attached hydrogen (secondary N) is 3. The number of carbonyl (C=O) groups excluding carboxylic acids is 1. The zero-order valence-electron chi connectivity index (χ0n) is 15.0. The molecule has 29 heavy (non-hydrogen) atoms. The molecule has 1 aromatic carbocycles. The van der Waals surface area contributed by atoms with E-state index in [2.05, 4.69) is 30.8 Å². The van der Waals surface area contributed by atoms with Crippen LogP contribution in [-0.2, 0) is 12.6 Å². The monoisotopic (exact) mass is 428 g/mol. The van der Waals surface area contributed by atoms with Gasteiger partial charge in [0.1, 0.15) is 5.82 Å². The maximum atomic E-state index is 12.7. The normalized spacial score (nSPS) is 13.2. The number of aromatic nitrogens is 6. The molecule has 13 heteroatoms. The van der Waals surface area contributed by atoms with Crippen molar-refractivity contribution in [3.8, 4) is 5.95 Å². The number of nitrogens with zero attached hydrogens (tertiary/aromatic N) is 5. The van der Waals surface area contributed by atoms with Crippen LogP contribution in [0.2, 0.25) is 0 Å². The van der Waals surface area contributed by atoms with E-state index in [4.69, 9.17) is 0 Å². The van der Waals surface area contributed by atoms with Crippen molar-refractivity contribution in [2.45, 2.75) is 25.9 Å². The molecule has 0 aliphatic carbocycles. The third-order valence-electron chi connectivity index (χ3n) is 4.21. The molecule has 4 rings (SSSR count).